The summed E-state index contributed by atoms with van der Waals surface area (Å²) >= 11 is 6.59. The van der Waals surface area contributed by atoms with E-state index in [1.54, 1.807) is 7.11 Å². The zero-order valence-electron chi connectivity index (χ0n) is 11.0. The number of fused-ring (bicyclic) bond motifs is 1. The first-order valence-electron chi connectivity index (χ1n) is 6.62. The van der Waals surface area contributed by atoms with Crippen LogP contribution in [0.1, 0.15) is 22.6 Å². The molecule has 0 amide bonds. The van der Waals surface area contributed by atoms with E-state index in [2.05, 4.69) is 36.4 Å². The lowest BCUT2D eigenvalue weighted by Gasteiger charge is -2.33. The lowest BCUT2D eigenvalue weighted by Crippen LogP contribution is -2.26. The van der Waals surface area contributed by atoms with E-state index in [-0.39, 0.29) is 5.38 Å². The lowest BCUT2D eigenvalue weighted by atomic mass is 9.74. The van der Waals surface area contributed by atoms with Gasteiger partial charge in [0.1, 0.15) is 5.75 Å². The largest absolute Gasteiger partial charge is 0.497 e. The van der Waals surface area contributed by atoms with E-state index >= 15 is 0 Å². The van der Waals surface area contributed by atoms with E-state index in [1.807, 2.05) is 12.1 Å². The summed E-state index contributed by atoms with van der Waals surface area (Å²) in [6, 6.07) is 16.8. The summed E-state index contributed by atoms with van der Waals surface area (Å²) < 4.78 is 5.17. The quantitative estimate of drug-likeness (QED) is 0.759. The monoisotopic (exact) mass is 272 g/mol. The number of alkyl halides is 1. The number of hydrogen-bond acceptors (Lipinski definition) is 1. The minimum atomic E-state index is 0.170. The summed E-state index contributed by atoms with van der Waals surface area (Å²) in [5, 5.41) is 0.170. The minimum absolute atomic E-state index is 0.170. The van der Waals surface area contributed by atoms with Gasteiger partial charge in [0.2, 0.25) is 0 Å². The maximum Gasteiger partial charge on any atom is 0.118 e. The normalized spacial score (nSPS) is 18.3. The Morgan fingerprint density at radius 1 is 1.16 bits per heavy atom. The van der Waals surface area contributed by atoms with Crippen LogP contribution in [0.4, 0.5) is 0 Å². The van der Waals surface area contributed by atoms with Crippen molar-refractivity contribution in [3.63, 3.8) is 0 Å². The molecule has 1 nitrogen and oxygen atoms in total. The summed E-state index contributed by atoms with van der Waals surface area (Å²) in [5.74, 6) is 1.39. The number of methoxy groups -OCH3 is 1. The van der Waals surface area contributed by atoms with E-state index in [4.69, 9.17) is 16.3 Å². The van der Waals surface area contributed by atoms with Gasteiger partial charge in [-0.2, -0.15) is 0 Å². The molecule has 0 saturated carbocycles. The molecule has 0 N–H and O–H groups in total. The van der Waals surface area contributed by atoms with Gasteiger partial charge < -0.3 is 4.74 Å². The summed E-state index contributed by atoms with van der Waals surface area (Å²) in [7, 11) is 1.69. The molecule has 0 fully saturated rings. The van der Waals surface area contributed by atoms with Crippen molar-refractivity contribution in [3.05, 3.63) is 65.2 Å². The first-order valence-corrected chi connectivity index (χ1v) is 7.06. The Hall–Kier alpha value is -1.47. The fourth-order valence-electron chi connectivity index (χ4n) is 2.75. The van der Waals surface area contributed by atoms with E-state index in [9.17, 15) is 0 Å². The Kier molecular flexibility index (Phi) is 3.48. The highest BCUT2D eigenvalue weighted by atomic mass is 35.5. The van der Waals surface area contributed by atoms with Crippen LogP contribution in [-0.4, -0.2) is 12.5 Å². The SMILES string of the molecule is COc1ccc(CC(Cl)C2Cc3ccccc32)cc1. The minimum Gasteiger partial charge on any atom is -0.497 e. The van der Waals surface area contributed by atoms with Crippen molar-refractivity contribution < 1.29 is 4.74 Å². The predicted molar refractivity (Wildman–Crippen MR) is 79.2 cm³/mol. The standard InChI is InChI=1S/C17H17ClO/c1-19-14-8-6-12(7-9-14)10-17(18)16-11-13-4-2-3-5-15(13)16/h2-9,16-17H,10-11H2,1H3. The number of hydrogen-bond donors (Lipinski definition) is 0. The summed E-state index contributed by atoms with van der Waals surface area (Å²) in [6.45, 7) is 0. The van der Waals surface area contributed by atoms with E-state index in [0.29, 0.717) is 5.92 Å². The zero-order chi connectivity index (χ0) is 13.2. The first kappa shape index (κ1) is 12.6. The van der Waals surface area contributed by atoms with Crippen LogP contribution in [0.5, 0.6) is 5.75 Å². The molecule has 19 heavy (non-hydrogen) atoms. The molecule has 0 heterocycles. The highest BCUT2D eigenvalue weighted by molar-refractivity contribution is 6.21. The molecular formula is C17H17ClO. The van der Waals surface area contributed by atoms with Crippen molar-refractivity contribution in [2.75, 3.05) is 7.11 Å². The molecule has 98 valence electrons. The Labute approximate surface area is 119 Å². The second kappa shape index (κ2) is 5.26. The second-order valence-electron chi connectivity index (χ2n) is 5.08. The average molecular weight is 273 g/mol. The van der Waals surface area contributed by atoms with Gasteiger partial charge in [0, 0.05) is 11.3 Å². The highest BCUT2D eigenvalue weighted by Crippen LogP contribution is 2.40. The van der Waals surface area contributed by atoms with Crippen LogP contribution < -0.4 is 4.74 Å². The number of benzene rings is 2. The third kappa shape index (κ3) is 2.48. The van der Waals surface area contributed by atoms with Gasteiger partial charge in [0.15, 0.2) is 0 Å². The maximum atomic E-state index is 6.59. The third-order valence-corrected chi connectivity index (χ3v) is 4.38. The van der Waals surface area contributed by atoms with Gasteiger partial charge >= 0.3 is 0 Å². The number of halogens is 1. The van der Waals surface area contributed by atoms with Crippen molar-refractivity contribution in [1.82, 2.24) is 0 Å². The molecule has 2 aromatic carbocycles. The molecular weight excluding hydrogens is 256 g/mol. The first-order chi connectivity index (χ1) is 9.28. The predicted octanol–water partition coefficient (Wildman–Crippen LogP) is 4.19. The molecule has 1 aliphatic rings. The fraction of sp³-hybridized carbons (Fsp3) is 0.294. The topological polar surface area (TPSA) is 9.23 Å². The third-order valence-electron chi connectivity index (χ3n) is 3.92. The van der Waals surface area contributed by atoms with Gasteiger partial charge in [-0.15, -0.1) is 11.6 Å². The molecule has 0 aliphatic heterocycles. The molecule has 0 aromatic heterocycles. The molecule has 0 spiro atoms. The second-order valence-corrected chi connectivity index (χ2v) is 5.64. The summed E-state index contributed by atoms with van der Waals surface area (Å²) in [5.41, 5.74) is 4.15. The molecule has 1 aliphatic carbocycles. The smallest absolute Gasteiger partial charge is 0.118 e. The average Bonchev–Trinajstić information content (AvgIpc) is 2.41. The van der Waals surface area contributed by atoms with Gasteiger partial charge in [-0.05, 0) is 41.7 Å². The van der Waals surface area contributed by atoms with Gasteiger partial charge in [0.05, 0.1) is 7.11 Å². The van der Waals surface area contributed by atoms with Crippen LogP contribution in [0.15, 0.2) is 48.5 Å². The zero-order valence-corrected chi connectivity index (χ0v) is 11.7. The van der Waals surface area contributed by atoms with Crippen molar-refractivity contribution in [2.24, 2.45) is 0 Å². The molecule has 2 aromatic rings. The molecule has 0 radical (unpaired) electrons. The van der Waals surface area contributed by atoms with E-state index < -0.39 is 0 Å². The molecule has 2 unspecified atom stereocenters. The van der Waals surface area contributed by atoms with Gasteiger partial charge in [0.25, 0.3) is 0 Å². The highest BCUT2D eigenvalue weighted by Gasteiger charge is 2.31. The maximum absolute atomic E-state index is 6.59. The van der Waals surface area contributed by atoms with Crippen LogP contribution in [0.3, 0.4) is 0 Å². The van der Waals surface area contributed by atoms with Crippen LogP contribution in [0.25, 0.3) is 0 Å². The van der Waals surface area contributed by atoms with Crippen LogP contribution in [0, 0.1) is 0 Å². The Balaban J connectivity index is 1.67. The molecule has 0 bridgehead atoms. The van der Waals surface area contributed by atoms with Gasteiger partial charge in [-0.1, -0.05) is 36.4 Å². The van der Waals surface area contributed by atoms with E-state index in [1.165, 1.54) is 16.7 Å². The van der Waals surface area contributed by atoms with Crippen molar-refractivity contribution in [1.29, 1.82) is 0 Å². The van der Waals surface area contributed by atoms with Gasteiger partial charge in [-0.25, -0.2) is 0 Å². The van der Waals surface area contributed by atoms with Crippen molar-refractivity contribution >= 4 is 11.6 Å². The Bertz CT molecular complexity index is 562. The van der Waals surface area contributed by atoms with Crippen molar-refractivity contribution in [2.45, 2.75) is 24.1 Å². The molecule has 3 rings (SSSR count). The van der Waals surface area contributed by atoms with E-state index in [0.717, 1.165) is 18.6 Å². The summed E-state index contributed by atoms with van der Waals surface area (Å²) in [4.78, 5) is 0. The molecule has 0 saturated heterocycles. The summed E-state index contributed by atoms with van der Waals surface area (Å²) in [6.07, 6.45) is 2.02. The van der Waals surface area contributed by atoms with Crippen LogP contribution in [-0.2, 0) is 12.8 Å². The number of rotatable bonds is 4. The molecule has 2 heteroatoms. The van der Waals surface area contributed by atoms with Crippen LogP contribution in [0.2, 0.25) is 0 Å². The Morgan fingerprint density at radius 2 is 1.89 bits per heavy atom. The fourth-order valence-corrected chi connectivity index (χ4v) is 3.15. The van der Waals surface area contributed by atoms with Crippen LogP contribution >= 0.6 is 11.6 Å². The number of ether oxygens (including phenoxy) is 1. The lowest BCUT2D eigenvalue weighted by molar-refractivity contribution is 0.414. The van der Waals surface area contributed by atoms with Crippen molar-refractivity contribution in [3.8, 4) is 5.75 Å². The van der Waals surface area contributed by atoms with Gasteiger partial charge in [-0.3, -0.25) is 0 Å². The Morgan fingerprint density at radius 3 is 2.58 bits per heavy atom. The molecule has 2 atom stereocenters.